The molecule has 1 aromatic heterocycles. The Morgan fingerprint density at radius 2 is 1.35 bits per heavy atom. The van der Waals surface area contributed by atoms with Crippen molar-refractivity contribution in [2.24, 2.45) is 32.9 Å². The maximum absolute atomic E-state index is 14.6. The fourth-order valence-corrected chi connectivity index (χ4v) is 8.12. The molecule has 8 amide bonds. The van der Waals surface area contributed by atoms with E-state index in [0.29, 0.717) is 22.0 Å². The van der Waals surface area contributed by atoms with E-state index in [9.17, 15) is 63.4 Å². The lowest BCUT2D eigenvalue weighted by Gasteiger charge is -2.27. The van der Waals surface area contributed by atoms with Gasteiger partial charge in [-0.25, -0.2) is 4.79 Å². The van der Waals surface area contributed by atoms with Gasteiger partial charge in [0.2, 0.25) is 47.3 Å². The average molecular weight is 1070 g/mol. The van der Waals surface area contributed by atoms with Gasteiger partial charge in [-0.2, -0.15) is 5.26 Å². The molecule has 0 aliphatic carbocycles. The van der Waals surface area contributed by atoms with Gasteiger partial charge in [-0.1, -0.05) is 30.3 Å². The van der Waals surface area contributed by atoms with Crippen LogP contribution in [0.1, 0.15) is 81.4 Å². The number of rotatable bonds is 18. The van der Waals surface area contributed by atoms with E-state index in [1.807, 2.05) is 6.07 Å². The Hall–Kier alpha value is -9.29. The molecule has 19 N–H and O–H groups in total. The standard InChI is InChI=1S/C49H66N16O12/c1-26(66)59-32(9-4-19-56-48(51)52)41(70)61-34-16-17-39(67)55-18-6-11-35(47(76)77)62-45(74)37(22-29-25-58-31-8-3-2-7-30(29)31)64-42(71)33(10-5-20-57-49(53)54)60-44(73)36(21-27-12-14-28(24-50)15-13-27)63-46(75)38(23-40(68)69)65-43(34)72/h2-3,7-8,12-15,25,32-38,58H,4-6,9-11,16-23H2,1H3,(H,55,67)(H,59,66)(H,60,73)(H,61,70)(H,62,74)(H,63,75)(H,64,71)(H,65,72)(H,68,69)(H,76,77)(H4,51,52,56)(H4,53,54,57). The first-order valence-electron chi connectivity index (χ1n) is 24.6. The third-order valence-electron chi connectivity index (χ3n) is 12.0. The van der Waals surface area contributed by atoms with Gasteiger partial charge in [-0.3, -0.25) is 53.1 Å². The fraction of sp³-hybridized carbons (Fsp3) is 0.449. The third-order valence-corrected chi connectivity index (χ3v) is 12.0. The Morgan fingerprint density at radius 1 is 0.753 bits per heavy atom. The average Bonchev–Trinajstić information content (AvgIpc) is 3.79. The minimum absolute atomic E-state index is 0.0130. The number of hydrogen-bond donors (Lipinski definition) is 15. The van der Waals surface area contributed by atoms with E-state index >= 15 is 0 Å². The number of fused-ring (bicyclic) bond motifs is 1. The number of carbonyl (C=O) groups is 10. The number of carboxylic acid groups (broad SMARTS) is 2. The highest BCUT2D eigenvalue weighted by Gasteiger charge is 2.35. The molecule has 2 heterocycles. The number of aromatic nitrogens is 1. The van der Waals surface area contributed by atoms with Crippen molar-refractivity contribution < 1.29 is 58.2 Å². The molecule has 7 atom stereocenters. The van der Waals surface area contributed by atoms with Gasteiger partial charge in [-0.05, 0) is 74.3 Å². The zero-order chi connectivity index (χ0) is 56.6. The lowest BCUT2D eigenvalue weighted by Crippen LogP contribution is -2.60. The zero-order valence-electron chi connectivity index (χ0n) is 42.3. The molecule has 1 fully saturated rings. The highest BCUT2D eigenvalue weighted by Crippen LogP contribution is 2.20. The number of para-hydroxylation sites is 1. The van der Waals surface area contributed by atoms with E-state index in [1.54, 1.807) is 30.5 Å². The van der Waals surface area contributed by atoms with Gasteiger partial charge in [0, 0.05) is 62.9 Å². The van der Waals surface area contributed by atoms with Crippen molar-refractivity contribution in [1.82, 2.24) is 47.5 Å². The Kier molecular flexibility index (Phi) is 23.6. The van der Waals surface area contributed by atoms with E-state index in [-0.39, 0.29) is 88.5 Å². The van der Waals surface area contributed by atoms with Crippen LogP contribution in [0.4, 0.5) is 0 Å². The number of aliphatic carboxylic acids is 2. The van der Waals surface area contributed by atoms with Crippen LogP contribution in [0.15, 0.2) is 64.7 Å². The van der Waals surface area contributed by atoms with E-state index in [2.05, 4.69) is 57.5 Å². The number of guanidine groups is 2. The van der Waals surface area contributed by atoms with Crippen molar-refractivity contribution in [3.05, 3.63) is 71.4 Å². The van der Waals surface area contributed by atoms with Gasteiger partial charge in [0.25, 0.3) is 0 Å². The van der Waals surface area contributed by atoms with Gasteiger partial charge < -0.3 is 80.7 Å². The first-order chi connectivity index (χ1) is 36.6. The highest BCUT2D eigenvalue weighted by atomic mass is 16.4. The molecule has 3 aromatic rings. The van der Waals surface area contributed by atoms with Crippen LogP contribution >= 0.6 is 0 Å². The largest absolute Gasteiger partial charge is 0.481 e. The van der Waals surface area contributed by atoms with Crippen LogP contribution < -0.4 is 65.5 Å². The van der Waals surface area contributed by atoms with Crippen molar-refractivity contribution in [2.45, 2.75) is 120 Å². The minimum atomic E-state index is -1.96. The van der Waals surface area contributed by atoms with Crippen molar-refractivity contribution in [2.75, 3.05) is 19.6 Å². The molecular weight excluding hydrogens is 1000 g/mol. The molecule has 1 aliphatic rings. The zero-order valence-corrected chi connectivity index (χ0v) is 42.3. The number of aromatic amines is 1. The summed E-state index contributed by atoms with van der Waals surface area (Å²) >= 11 is 0. The number of nitriles is 1. The Bertz CT molecular complexity index is 2710. The highest BCUT2D eigenvalue weighted by molar-refractivity contribution is 5.99. The van der Waals surface area contributed by atoms with Crippen LogP contribution in [-0.4, -0.2) is 148 Å². The smallest absolute Gasteiger partial charge is 0.326 e. The summed E-state index contributed by atoms with van der Waals surface area (Å²) in [7, 11) is 0. The molecular formula is C49H66N16O12. The first-order valence-corrected chi connectivity index (χ1v) is 24.6. The van der Waals surface area contributed by atoms with Crippen molar-refractivity contribution in [3.8, 4) is 6.07 Å². The molecule has 2 aromatic carbocycles. The molecule has 1 aliphatic heterocycles. The van der Waals surface area contributed by atoms with Crippen LogP contribution in [0, 0.1) is 11.3 Å². The van der Waals surface area contributed by atoms with E-state index < -0.39 is 121 Å². The van der Waals surface area contributed by atoms with Crippen LogP contribution in [0.3, 0.4) is 0 Å². The number of carbonyl (C=O) groups excluding carboxylic acids is 8. The summed E-state index contributed by atoms with van der Waals surface area (Å²) in [6.45, 7) is 1.04. The number of hydrogen-bond acceptors (Lipinski definition) is 13. The Labute approximate surface area is 441 Å². The number of nitrogens with zero attached hydrogens (tertiary/aromatic N) is 3. The summed E-state index contributed by atoms with van der Waals surface area (Å²) in [5.41, 5.74) is 23.7. The summed E-state index contributed by atoms with van der Waals surface area (Å²) < 4.78 is 0. The molecule has 7 unspecified atom stereocenters. The summed E-state index contributed by atoms with van der Waals surface area (Å²) in [5, 5.41) is 50.4. The second kappa shape index (κ2) is 30.2. The van der Waals surface area contributed by atoms with Crippen molar-refractivity contribution in [3.63, 3.8) is 0 Å². The fourth-order valence-electron chi connectivity index (χ4n) is 8.12. The number of H-pyrrole nitrogens is 1. The molecule has 0 saturated carbocycles. The second-order valence-electron chi connectivity index (χ2n) is 18.1. The van der Waals surface area contributed by atoms with Crippen LogP contribution in [-0.2, 0) is 60.8 Å². The molecule has 0 bridgehead atoms. The third kappa shape index (κ3) is 20.5. The SMILES string of the molecule is CC(=O)NC(CCCN=C(N)N)C(=O)NC1CCC(=O)NCCCC(C(=O)O)NC(=O)C(Cc2c[nH]c3ccccc23)NC(=O)C(CCCN=C(N)N)NC(=O)C(Cc2ccc(C#N)cc2)NC(=O)C(CC(=O)O)NC1=O. The molecule has 77 heavy (non-hydrogen) atoms. The molecule has 4 rings (SSSR count). The van der Waals surface area contributed by atoms with E-state index in [4.69, 9.17) is 22.9 Å². The molecule has 0 radical (unpaired) electrons. The molecule has 28 nitrogen and oxygen atoms in total. The Balaban J connectivity index is 1.80. The number of nitrogens with one attached hydrogen (secondary N) is 9. The number of carboxylic acids is 2. The second-order valence-corrected chi connectivity index (χ2v) is 18.1. The first kappa shape index (κ1) is 60.3. The topological polar surface area (TPSA) is 476 Å². The van der Waals surface area contributed by atoms with Gasteiger partial charge in [0.05, 0.1) is 18.1 Å². The number of nitrogens with two attached hydrogens (primary N) is 4. The summed E-state index contributed by atoms with van der Waals surface area (Å²) in [4.78, 5) is 147. The maximum atomic E-state index is 14.6. The Morgan fingerprint density at radius 3 is 1.99 bits per heavy atom. The van der Waals surface area contributed by atoms with Gasteiger partial charge >= 0.3 is 11.9 Å². The number of amides is 8. The monoisotopic (exact) mass is 1070 g/mol. The van der Waals surface area contributed by atoms with Crippen LogP contribution in [0.5, 0.6) is 0 Å². The van der Waals surface area contributed by atoms with Crippen molar-refractivity contribution >= 4 is 82.0 Å². The summed E-state index contributed by atoms with van der Waals surface area (Å²) in [6, 6.07) is 3.81. The predicted octanol–water partition coefficient (Wildman–Crippen LogP) is -3.41. The lowest BCUT2D eigenvalue weighted by atomic mass is 10.0. The maximum Gasteiger partial charge on any atom is 0.326 e. The van der Waals surface area contributed by atoms with Gasteiger partial charge in [-0.15, -0.1) is 0 Å². The molecule has 28 heteroatoms. The summed E-state index contributed by atoms with van der Waals surface area (Å²) in [5.74, 6) is -11.0. The van der Waals surface area contributed by atoms with Crippen LogP contribution in [0.2, 0.25) is 0 Å². The molecule has 414 valence electrons. The number of aliphatic imine (C=N–C) groups is 2. The normalized spacial score (nSPS) is 20.7. The predicted molar refractivity (Wildman–Crippen MR) is 277 cm³/mol. The van der Waals surface area contributed by atoms with Crippen LogP contribution in [0.25, 0.3) is 10.9 Å². The van der Waals surface area contributed by atoms with E-state index in [1.165, 1.54) is 24.3 Å². The summed E-state index contributed by atoms with van der Waals surface area (Å²) in [6.07, 6.45) is -1.13. The quantitative estimate of drug-likeness (QED) is 0.0335. The molecule has 1 saturated heterocycles. The number of benzene rings is 2. The van der Waals surface area contributed by atoms with Gasteiger partial charge in [0.15, 0.2) is 11.9 Å². The molecule has 0 spiro atoms. The minimum Gasteiger partial charge on any atom is -0.481 e. The van der Waals surface area contributed by atoms with Gasteiger partial charge in [0.1, 0.15) is 42.3 Å². The van der Waals surface area contributed by atoms with Crippen molar-refractivity contribution in [1.29, 1.82) is 5.26 Å². The van der Waals surface area contributed by atoms with E-state index in [0.717, 1.165) is 6.92 Å². The lowest BCUT2D eigenvalue weighted by molar-refractivity contribution is -0.143.